The first-order valence-corrected chi connectivity index (χ1v) is 4.11. The summed E-state index contributed by atoms with van der Waals surface area (Å²) in [5, 5.41) is 1.28. The van der Waals surface area contributed by atoms with E-state index in [1.165, 1.54) is 6.39 Å². The van der Waals surface area contributed by atoms with Gasteiger partial charge in [0, 0.05) is 5.39 Å². The third-order valence-corrected chi connectivity index (χ3v) is 2.12. The maximum absolute atomic E-state index is 11.4. The van der Waals surface area contributed by atoms with E-state index < -0.39 is 5.63 Å². The van der Waals surface area contributed by atoms with Gasteiger partial charge in [0.1, 0.15) is 0 Å². The lowest BCUT2D eigenvalue weighted by Crippen LogP contribution is -1.98. The van der Waals surface area contributed by atoms with Crippen LogP contribution in [0, 0.1) is 0 Å². The van der Waals surface area contributed by atoms with Crippen molar-refractivity contribution in [1.82, 2.24) is 4.98 Å². The lowest BCUT2D eigenvalue weighted by Gasteiger charge is -1.93. The van der Waals surface area contributed by atoms with Gasteiger partial charge in [-0.2, -0.15) is 0 Å². The van der Waals surface area contributed by atoms with E-state index in [4.69, 9.17) is 8.83 Å². The lowest BCUT2D eigenvalue weighted by molar-refractivity contribution is 0.452. The molecular formula is C10H5NO3. The van der Waals surface area contributed by atoms with Crippen molar-refractivity contribution in [2.24, 2.45) is 0 Å². The smallest absolute Gasteiger partial charge is 0.346 e. The third kappa shape index (κ3) is 0.821. The minimum Gasteiger partial charge on any atom is -0.412 e. The summed E-state index contributed by atoms with van der Waals surface area (Å²) in [7, 11) is 0. The molecule has 4 nitrogen and oxygen atoms in total. The van der Waals surface area contributed by atoms with Crippen LogP contribution in [0.25, 0.3) is 22.1 Å². The van der Waals surface area contributed by atoms with Crippen LogP contribution in [0.5, 0.6) is 0 Å². The number of aromatic nitrogens is 1. The molecule has 2 aromatic heterocycles. The zero-order valence-corrected chi connectivity index (χ0v) is 7.06. The Morgan fingerprint density at radius 2 is 1.93 bits per heavy atom. The molecule has 2 heterocycles. The van der Waals surface area contributed by atoms with Gasteiger partial charge < -0.3 is 8.83 Å². The average Bonchev–Trinajstić information content (AvgIpc) is 2.66. The Morgan fingerprint density at radius 3 is 2.79 bits per heavy atom. The van der Waals surface area contributed by atoms with Gasteiger partial charge in [0.25, 0.3) is 0 Å². The molecule has 0 aliphatic carbocycles. The molecule has 0 unspecified atom stereocenters. The van der Waals surface area contributed by atoms with E-state index in [0.717, 1.165) is 5.39 Å². The molecule has 0 saturated carbocycles. The van der Waals surface area contributed by atoms with E-state index >= 15 is 0 Å². The second-order valence-electron chi connectivity index (χ2n) is 2.92. The number of oxazole rings is 1. The molecule has 1 aromatic carbocycles. The highest BCUT2D eigenvalue weighted by Gasteiger charge is 2.09. The topological polar surface area (TPSA) is 56.2 Å². The summed E-state index contributed by atoms with van der Waals surface area (Å²) in [4.78, 5) is 15.4. The summed E-state index contributed by atoms with van der Waals surface area (Å²) in [6.07, 6.45) is 1.26. The first-order chi connectivity index (χ1) is 6.86. The first kappa shape index (κ1) is 7.32. The molecule has 0 radical (unpaired) electrons. The van der Waals surface area contributed by atoms with Crippen LogP contribution in [0.15, 0.2) is 44.3 Å². The highest BCUT2D eigenvalue weighted by atomic mass is 16.5. The van der Waals surface area contributed by atoms with Gasteiger partial charge in [0.15, 0.2) is 11.9 Å². The molecular weight excluding hydrogens is 182 g/mol. The molecule has 0 spiro atoms. The van der Waals surface area contributed by atoms with E-state index in [9.17, 15) is 4.79 Å². The molecule has 0 aliphatic rings. The van der Waals surface area contributed by atoms with Gasteiger partial charge in [0.05, 0.1) is 5.39 Å². The third-order valence-electron chi connectivity index (χ3n) is 2.12. The Hall–Kier alpha value is -2.10. The van der Waals surface area contributed by atoms with Crippen molar-refractivity contribution in [3.8, 4) is 0 Å². The maximum Gasteiger partial charge on any atom is 0.346 e. The Balaban J connectivity index is 2.74. The maximum atomic E-state index is 11.4. The van der Waals surface area contributed by atoms with E-state index in [1.807, 2.05) is 12.1 Å². The molecule has 0 aliphatic heterocycles. The Bertz CT molecular complexity index is 665. The van der Waals surface area contributed by atoms with E-state index in [0.29, 0.717) is 10.9 Å². The van der Waals surface area contributed by atoms with Crippen LogP contribution in [-0.4, -0.2) is 4.98 Å². The second kappa shape index (κ2) is 2.45. The van der Waals surface area contributed by atoms with Gasteiger partial charge in [-0.3, -0.25) is 0 Å². The summed E-state index contributed by atoms with van der Waals surface area (Å²) in [5.41, 5.74) is 0.185. The summed E-state index contributed by atoms with van der Waals surface area (Å²) in [6.45, 7) is 0. The van der Waals surface area contributed by atoms with Gasteiger partial charge in [-0.1, -0.05) is 18.2 Å². The Morgan fingerprint density at radius 1 is 1.14 bits per heavy atom. The number of benzene rings is 1. The number of fused-ring (bicyclic) bond motifs is 3. The lowest BCUT2D eigenvalue weighted by atomic mass is 10.2. The summed E-state index contributed by atoms with van der Waals surface area (Å²) in [5.74, 6) is 0.175. The van der Waals surface area contributed by atoms with Gasteiger partial charge in [0.2, 0.25) is 0 Å². The molecule has 3 aromatic rings. The monoisotopic (exact) mass is 187 g/mol. The number of rotatable bonds is 0. The zero-order valence-electron chi connectivity index (χ0n) is 7.06. The molecule has 3 rings (SSSR count). The standard InChI is InChI=1S/C10H5NO3/c12-9-7-4-2-1-3-6(7)8-10(14-9)13-5-11-8/h1-5H. The van der Waals surface area contributed by atoms with Gasteiger partial charge in [-0.15, -0.1) is 0 Å². The van der Waals surface area contributed by atoms with Gasteiger partial charge in [-0.25, -0.2) is 9.78 Å². The summed E-state index contributed by atoms with van der Waals surface area (Å²) < 4.78 is 9.86. The van der Waals surface area contributed by atoms with Gasteiger partial charge in [-0.05, 0) is 6.07 Å². The molecule has 4 heteroatoms. The molecule has 0 bridgehead atoms. The zero-order chi connectivity index (χ0) is 9.54. The molecule has 14 heavy (non-hydrogen) atoms. The van der Waals surface area contributed by atoms with Crippen molar-refractivity contribution in [3.05, 3.63) is 41.1 Å². The minimum atomic E-state index is -0.398. The van der Waals surface area contributed by atoms with Crippen LogP contribution in [0.2, 0.25) is 0 Å². The summed E-state index contributed by atoms with van der Waals surface area (Å²) in [6, 6.07) is 7.15. The van der Waals surface area contributed by atoms with E-state index in [-0.39, 0.29) is 5.78 Å². The molecule has 0 N–H and O–H groups in total. The minimum absolute atomic E-state index is 0.175. The number of nitrogens with zero attached hydrogens (tertiary/aromatic N) is 1. The fourth-order valence-electron chi connectivity index (χ4n) is 1.49. The van der Waals surface area contributed by atoms with Crippen LogP contribution in [-0.2, 0) is 0 Å². The Kier molecular flexibility index (Phi) is 1.28. The van der Waals surface area contributed by atoms with Crippen molar-refractivity contribution < 1.29 is 8.83 Å². The number of hydrogen-bond donors (Lipinski definition) is 0. The quantitative estimate of drug-likeness (QED) is 0.539. The molecule has 0 fully saturated rings. The van der Waals surface area contributed by atoms with Crippen LogP contribution in [0.1, 0.15) is 0 Å². The molecule has 68 valence electrons. The van der Waals surface area contributed by atoms with Crippen molar-refractivity contribution in [1.29, 1.82) is 0 Å². The highest BCUT2D eigenvalue weighted by Crippen LogP contribution is 2.20. The van der Waals surface area contributed by atoms with Crippen molar-refractivity contribution >= 4 is 22.1 Å². The predicted octanol–water partition coefficient (Wildman–Crippen LogP) is 1.93. The largest absolute Gasteiger partial charge is 0.412 e. The molecule has 0 saturated heterocycles. The molecule has 0 amide bonds. The van der Waals surface area contributed by atoms with Gasteiger partial charge >= 0.3 is 11.4 Å². The van der Waals surface area contributed by atoms with Crippen molar-refractivity contribution in [2.45, 2.75) is 0 Å². The SMILES string of the molecule is O=c1oc2ocnc2c2ccccc12. The highest BCUT2D eigenvalue weighted by molar-refractivity contribution is 5.99. The van der Waals surface area contributed by atoms with Crippen molar-refractivity contribution in [3.63, 3.8) is 0 Å². The first-order valence-electron chi connectivity index (χ1n) is 4.11. The fourth-order valence-corrected chi connectivity index (χ4v) is 1.49. The number of hydrogen-bond acceptors (Lipinski definition) is 4. The van der Waals surface area contributed by atoms with E-state index in [2.05, 4.69) is 4.98 Å². The van der Waals surface area contributed by atoms with E-state index in [1.54, 1.807) is 12.1 Å². The van der Waals surface area contributed by atoms with Crippen molar-refractivity contribution in [2.75, 3.05) is 0 Å². The molecule has 0 atom stereocenters. The normalized spacial score (nSPS) is 11.1. The average molecular weight is 187 g/mol. The van der Waals surface area contributed by atoms with Crippen LogP contribution < -0.4 is 5.63 Å². The van der Waals surface area contributed by atoms with Crippen LogP contribution in [0.3, 0.4) is 0 Å². The second-order valence-corrected chi connectivity index (χ2v) is 2.92. The predicted molar refractivity (Wildman–Crippen MR) is 50.1 cm³/mol. The van der Waals surface area contributed by atoms with Crippen LogP contribution in [0.4, 0.5) is 0 Å². The van der Waals surface area contributed by atoms with Crippen LogP contribution >= 0.6 is 0 Å². The summed E-state index contributed by atoms with van der Waals surface area (Å²) >= 11 is 0. The fraction of sp³-hybridized carbons (Fsp3) is 0. The Labute approximate surface area is 77.8 Å².